The zero-order chi connectivity index (χ0) is 25.1. The smallest absolute Gasteiger partial charge is 0.350 e. The van der Waals surface area contributed by atoms with Gasteiger partial charge in [-0.25, -0.2) is 14.8 Å². The third-order valence-corrected chi connectivity index (χ3v) is 5.67. The summed E-state index contributed by atoms with van der Waals surface area (Å²) in [6.45, 7) is 0.642. The number of amidine groups is 1. The molecule has 12 heteroatoms. The van der Waals surface area contributed by atoms with E-state index < -0.39 is 11.7 Å². The number of aromatic nitrogens is 5. The number of H-pyrrole nitrogens is 1. The molecule has 0 saturated carbocycles. The average molecular weight is 489 g/mol. The SMILES string of the molecule is COc1cc([C@H](Nc2ccc(C(=N)N)cc2)c2nn(-c3ncccn3)c(=O)[nH]2)cc2c1OCOCC2. The van der Waals surface area contributed by atoms with Crippen molar-refractivity contribution in [2.75, 3.05) is 25.8 Å². The molecule has 0 aliphatic carbocycles. The Morgan fingerprint density at radius 2 is 2.03 bits per heavy atom. The van der Waals surface area contributed by atoms with Gasteiger partial charge in [-0.05, 0) is 54.4 Å². The molecule has 0 fully saturated rings. The van der Waals surface area contributed by atoms with Crippen LogP contribution in [0.15, 0.2) is 59.7 Å². The molecule has 5 rings (SSSR count). The Bertz CT molecular complexity index is 1430. The highest BCUT2D eigenvalue weighted by atomic mass is 16.7. The molecule has 0 spiro atoms. The molecule has 1 aliphatic heterocycles. The number of benzene rings is 2. The third kappa shape index (κ3) is 4.61. The van der Waals surface area contributed by atoms with Gasteiger partial charge in [-0.2, -0.15) is 0 Å². The van der Waals surface area contributed by atoms with Gasteiger partial charge in [0.25, 0.3) is 5.95 Å². The van der Waals surface area contributed by atoms with Crippen LogP contribution in [0.25, 0.3) is 5.95 Å². The van der Waals surface area contributed by atoms with Crippen molar-refractivity contribution in [1.82, 2.24) is 24.7 Å². The Morgan fingerprint density at radius 3 is 2.75 bits per heavy atom. The van der Waals surface area contributed by atoms with Crippen LogP contribution in [0.1, 0.15) is 28.6 Å². The zero-order valence-electron chi connectivity index (χ0n) is 19.4. The minimum atomic E-state index is -0.589. The van der Waals surface area contributed by atoms with Crippen molar-refractivity contribution >= 4 is 11.5 Å². The summed E-state index contributed by atoms with van der Waals surface area (Å²) in [5.41, 5.74) is 8.13. The molecule has 2 aromatic carbocycles. The Balaban J connectivity index is 1.61. The molecule has 0 saturated heterocycles. The molecule has 184 valence electrons. The lowest BCUT2D eigenvalue weighted by Gasteiger charge is -2.21. The van der Waals surface area contributed by atoms with Crippen LogP contribution in [0.5, 0.6) is 11.5 Å². The average Bonchev–Trinajstić information content (AvgIpc) is 3.12. The second-order valence-electron chi connectivity index (χ2n) is 7.98. The van der Waals surface area contributed by atoms with E-state index in [9.17, 15) is 4.79 Å². The van der Waals surface area contributed by atoms with E-state index in [1.807, 2.05) is 12.1 Å². The molecule has 0 amide bonds. The van der Waals surface area contributed by atoms with E-state index in [1.54, 1.807) is 37.4 Å². The molecule has 0 unspecified atom stereocenters. The molecule has 12 nitrogen and oxygen atoms in total. The fourth-order valence-electron chi connectivity index (χ4n) is 3.92. The first kappa shape index (κ1) is 23.1. The first-order chi connectivity index (χ1) is 17.5. The lowest BCUT2D eigenvalue weighted by atomic mass is 9.99. The summed E-state index contributed by atoms with van der Waals surface area (Å²) in [6, 6.07) is 12.0. The van der Waals surface area contributed by atoms with Crippen LogP contribution >= 0.6 is 0 Å². The van der Waals surface area contributed by atoms with Gasteiger partial charge in [0.05, 0.1) is 13.7 Å². The number of nitrogens with two attached hydrogens (primary N) is 1. The van der Waals surface area contributed by atoms with Crippen LogP contribution in [0, 0.1) is 5.41 Å². The Kier molecular flexibility index (Phi) is 6.33. The summed E-state index contributed by atoms with van der Waals surface area (Å²) < 4.78 is 17.9. The third-order valence-electron chi connectivity index (χ3n) is 5.67. The van der Waals surface area contributed by atoms with Crippen molar-refractivity contribution in [3.63, 3.8) is 0 Å². The van der Waals surface area contributed by atoms with Gasteiger partial charge in [0.1, 0.15) is 11.9 Å². The predicted molar refractivity (Wildman–Crippen MR) is 131 cm³/mol. The summed E-state index contributed by atoms with van der Waals surface area (Å²) in [5, 5.41) is 15.5. The van der Waals surface area contributed by atoms with Gasteiger partial charge in [0.2, 0.25) is 0 Å². The van der Waals surface area contributed by atoms with Crippen LogP contribution < -0.4 is 26.2 Å². The topological polar surface area (TPSA) is 166 Å². The zero-order valence-corrected chi connectivity index (χ0v) is 19.4. The first-order valence-electron chi connectivity index (χ1n) is 11.1. The second-order valence-corrected chi connectivity index (χ2v) is 7.98. The van der Waals surface area contributed by atoms with E-state index in [0.717, 1.165) is 21.5 Å². The lowest BCUT2D eigenvalue weighted by molar-refractivity contribution is 0.0250. The highest BCUT2D eigenvalue weighted by molar-refractivity contribution is 5.95. The fraction of sp³-hybridized carbons (Fsp3) is 0.208. The van der Waals surface area contributed by atoms with Crippen LogP contribution in [-0.2, 0) is 11.2 Å². The molecule has 36 heavy (non-hydrogen) atoms. The van der Waals surface area contributed by atoms with Gasteiger partial charge in [0.15, 0.2) is 24.1 Å². The van der Waals surface area contributed by atoms with Crippen molar-refractivity contribution < 1.29 is 14.2 Å². The summed E-state index contributed by atoms with van der Waals surface area (Å²) in [7, 11) is 1.57. The van der Waals surface area contributed by atoms with Gasteiger partial charge in [-0.1, -0.05) is 0 Å². The largest absolute Gasteiger partial charge is 0.493 e. The van der Waals surface area contributed by atoms with E-state index in [1.165, 1.54) is 12.4 Å². The molecule has 0 bridgehead atoms. The number of anilines is 1. The van der Waals surface area contributed by atoms with E-state index in [0.29, 0.717) is 35.9 Å². The Hall–Kier alpha value is -4.71. The predicted octanol–water partition coefficient (Wildman–Crippen LogP) is 1.75. The standard InChI is InChI=1S/C24H24N8O4/c1-34-18-12-16(11-15-7-10-35-13-36-20(15)18)19(29-17-5-3-14(4-6-17)21(25)26)22-30-24(33)32(31-22)23-27-8-2-9-28-23/h2-6,8-9,11-12,19,29H,7,10,13H2,1H3,(H3,25,26)(H,30,31,33)/t19-/m0/s1. The van der Waals surface area contributed by atoms with Gasteiger partial charge in [-0.15, -0.1) is 9.78 Å². The number of nitrogens with zero attached hydrogens (tertiary/aromatic N) is 4. The van der Waals surface area contributed by atoms with E-state index in [-0.39, 0.29) is 18.6 Å². The Labute approximate surface area is 205 Å². The second kappa shape index (κ2) is 9.88. The minimum absolute atomic E-state index is 0.0262. The number of aromatic amines is 1. The van der Waals surface area contributed by atoms with Gasteiger partial charge in [-0.3, -0.25) is 10.4 Å². The molecular weight excluding hydrogens is 464 g/mol. The number of nitrogens with one attached hydrogen (secondary N) is 3. The van der Waals surface area contributed by atoms with Gasteiger partial charge < -0.3 is 25.3 Å². The molecule has 4 aromatic rings. The molecule has 0 radical (unpaired) electrons. The maximum absolute atomic E-state index is 12.8. The van der Waals surface area contributed by atoms with E-state index in [4.69, 9.17) is 25.4 Å². The lowest BCUT2D eigenvalue weighted by Crippen LogP contribution is -2.18. The van der Waals surface area contributed by atoms with Gasteiger partial charge in [0, 0.05) is 29.2 Å². The maximum atomic E-state index is 12.8. The number of hydrogen-bond acceptors (Lipinski definition) is 9. The Morgan fingerprint density at radius 1 is 1.25 bits per heavy atom. The summed E-state index contributed by atoms with van der Waals surface area (Å²) >= 11 is 0. The highest BCUT2D eigenvalue weighted by Crippen LogP contribution is 2.38. The van der Waals surface area contributed by atoms with Gasteiger partial charge >= 0.3 is 5.69 Å². The number of nitrogen functional groups attached to an aromatic ring is 1. The normalized spacial score (nSPS) is 13.7. The van der Waals surface area contributed by atoms with Crippen molar-refractivity contribution in [2.24, 2.45) is 5.73 Å². The molecule has 3 heterocycles. The number of fused-ring (bicyclic) bond motifs is 1. The van der Waals surface area contributed by atoms with Crippen LogP contribution in [0.2, 0.25) is 0 Å². The van der Waals surface area contributed by atoms with Crippen LogP contribution in [0.3, 0.4) is 0 Å². The first-order valence-corrected chi connectivity index (χ1v) is 11.1. The number of rotatable bonds is 7. The van der Waals surface area contributed by atoms with Crippen LogP contribution in [-0.4, -0.2) is 51.1 Å². The van der Waals surface area contributed by atoms with Crippen molar-refractivity contribution in [2.45, 2.75) is 12.5 Å². The molecule has 2 aromatic heterocycles. The number of ether oxygens (including phenoxy) is 3. The van der Waals surface area contributed by atoms with Crippen molar-refractivity contribution in [1.29, 1.82) is 5.41 Å². The maximum Gasteiger partial charge on any atom is 0.350 e. The number of methoxy groups -OCH3 is 1. The molecule has 5 N–H and O–H groups in total. The van der Waals surface area contributed by atoms with E-state index >= 15 is 0 Å². The fourth-order valence-corrected chi connectivity index (χ4v) is 3.92. The molecular formula is C24H24N8O4. The minimum Gasteiger partial charge on any atom is -0.493 e. The summed E-state index contributed by atoms with van der Waals surface area (Å²) in [6.07, 6.45) is 3.70. The summed E-state index contributed by atoms with van der Waals surface area (Å²) in [4.78, 5) is 23.9. The highest BCUT2D eigenvalue weighted by Gasteiger charge is 2.25. The molecule has 1 atom stereocenters. The quantitative estimate of drug-likeness (QED) is 0.224. The monoisotopic (exact) mass is 488 g/mol. The van der Waals surface area contributed by atoms with E-state index in [2.05, 4.69) is 25.4 Å². The number of hydrogen-bond donors (Lipinski definition) is 4. The van der Waals surface area contributed by atoms with Crippen molar-refractivity contribution in [3.05, 3.63) is 87.9 Å². The molecule has 1 aliphatic rings. The summed E-state index contributed by atoms with van der Waals surface area (Å²) in [5.74, 6) is 1.64. The van der Waals surface area contributed by atoms with Crippen LogP contribution in [0.4, 0.5) is 5.69 Å². The van der Waals surface area contributed by atoms with Crippen molar-refractivity contribution in [3.8, 4) is 17.4 Å².